The van der Waals surface area contributed by atoms with Gasteiger partial charge in [-0.05, 0) is 49.2 Å². The van der Waals surface area contributed by atoms with Gasteiger partial charge in [0.15, 0.2) is 0 Å². The molecule has 3 heterocycles. The van der Waals surface area contributed by atoms with Crippen LogP contribution in [0.15, 0.2) is 61.1 Å². The molecule has 0 radical (unpaired) electrons. The van der Waals surface area contributed by atoms with Gasteiger partial charge < -0.3 is 10.2 Å². The van der Waals surface area contributed by atoms with Crippen LogP contribution < -0.4 is 5.32 Å². The van der Waals surface area contributed by atoms with E-state index in [4.69, 9.17) is 0 Å². The maximum Gasteiger partial charge on any atom is 0.272 e. The zero-order valence-corrected chi connectivity index (χ0v) is 15.2. The van der Waals surface area contributed by atoms with Gasteiger partial charge in [-0.3, -0.25) is 14.6 Å². The van der Waals surface area contributed by atoms with Gasteiger partial charge in [-0.2, -0.15) is 15.0 Å². The minimum atomic E-state index is -0.111. The van der Waals surface area contributed by atoms with Crippen molar-refractivity contribution in [2.24, 2.45) is 5.92 Å². The second-order valence-corrected chi connectivity index (χ2v) is 6.64. The van der Waals surface area contributed by atoms with Crippen LogP contribution in [0.25, 0.3) is 5.69 Å². The molecule has 1 N–H and O–H groups in total. The average Bonchev–Trinajstić information content (AvgIpc) is 3.29. The Morgan fingerprint density at radius 2 is 1.64 bits per heavy atom. The van der Waals surface area contributed by atoms with Crippen molar-refractivity contribution in [1.82, 2.24) is 24.9 Å². The molecule has 2 amide bonds. The van der Waals surface area contributed by atoms with E-state index in [2.05, 4.69) is 20.5 Å². The molecule has 1 aliphatic heterocycles. The normalized spacial score (nSPS) is 14.6. The van der Waals surface area contributed by atoms with Gasteiger partial charge in [0.25, 0.3) is 5.91 Å². The molecule has 0 spiro atoms. The van der Waals surface area contributed by atoms with Crippen LogP contribution in [-0.4, -0.2) is 49.8 Å². The van der Waals surface area contributed by atoms with Crippen LogP contribution in [0.2, 0.25) is 0 Å². The van der Waals surface area contributed by atoms with Gasteiger partial charge in [-0.25, -0.2) is 0 Å². The van der Waals surface area contributed by atoms with Gasteiger partial charge in [-0.1, -0.05) is 6.07 Å². The zero-order chi connectivity index (χ0) is 19.3. The van der Waals surface area contributed by atoms with Gasteiger partial charge in [0.1, 0.15) is 5.69 Å². The number of anilines is 1. The van der Waals surface area contributed by atoms with Gasteiger partial charge in [-0.15, -0.1) is 0 Å². The van der Waals surface area contributed by atoms with Crippen LogP contribution in [0.5, 0.6) is 0 Å². The summed E-state index contributed by atoms with van der Waals surface area (Å²) in [5.41, 5.74) is 1.99. The molecule has 8 nitrogen and oxygen atoms in total. The third-order valence-electron chi connectivity index (χ3n) is 4.82. The van der Waals surface area contributed by atoms with E-state index in [-0.39, 0.29) is 17.7 Å². The first kappa shape index (κ1) is 17.8. The third-order valence-corrected chi connectivity index (χ3v) is 4.82. The lowest BCUT2D eigenvalue weighted by atomic mass is 9.95. The molecular weight excluding hydrogens is 356 g/mol. The summed E-state index contributed by atoms with van der Waals surface area (Å²) in [7, 11) is 0. The Morgan fingerprint density at radius 1 is 0.929 bits per heavy atom. The molecule has 1 aliphatic rings. The number of rotatable bonds is 4. The lowest BCUT2D eigenvalue weighted by Crippen LogP contribution is -2.41. The first-order valence-electron chi connectivity index (χ1n) is 9.18. The molecule has 8 heteroatoms. The number of hydrogen-bond acceptors (Lipinski definition) is 5. The Hall–Kier alpha value is -3.55. The lowest BCUT2D eigenvalue weighted by Gasteiger charge is -2.31. The molecule has 0 atom stereocenters. The predicted octanol–water partition coefficient (Wildman–Crippen LogP) is 2.15. The zero-order valence-electron chi connectivity index (χ0n) is 15.2. The van der Waals surface area contributed by atoms with Gasteiger partial charge in [0.2, 0.25) is 5.91 Å². The molecule has 2 aromatic heterocycles. The summed E-state index contributed by atoms with van der Waals surface area (Å²) in [5.74, 6) is -0.211. The van der Waals surface area contributed by atoms with Crippen molar-refractivity contribution in [2.45, 2.75) is 12.8 Å². The fourth-order valence-electron chi connectivity index (χ4n) is 3.27. The summed E-state index contributed by atoms with van der Waals surface area (Å²) in [6, 6.07) is 12.7. The first-order chi connectivity index (χ1) is 13.7. The van der Waals surface area contributed by atoms with E-state index in [1.807, 2.05) is 24.3 Å². The maximum absolute atomic E-state index is 12.6. The summed E-state index contributed by atoms with van der Waals surface area (Å²) in [6.45, 7) is 1.11. The number of piperidine rings is 1. The number of aromatic nitrogens is 4. The summed E-state index contributed by atoms with van der Waals surface area (Å²) in [5, 5.41) is 11.1. The van der Waals surface area contributed by atoms with Crippen LogP contribution in [0.1, 0.15) is 23.3 Å². The molecular formula is C20H20N6O2. The van der Waals surface area contributed by atoms with Gasteiger partial charge >= 0.3 is 0 Å². The molecule has 4 rings (SSSR count). The van der Waals surface area contributed by atoms with Crippen molar-refractivity contribution in [2.75, 3.05) is 18.4 Å². The van der Waals surface area contributed by atoms with E-state index >= 15 is 0 Å². The van der Waals surface area contributed by atoms with E-state index in [1.54, 1.807) is 41.7 Å². The predicted molar refractivity (Wildman–Crippen MR) is 103 cm³/mol. The first-order valence-corrected chi connectivity index (χ1v) is 9.18. The Labute approximate surface area is 162 Å². The monoisotopic (exact) mass is 376 g/mol. The highest BCUT2D eigenvalue weighted by Gasteiger charge is 2.28. The second kappa shape index (κ2) is 7.99. The minimum Gasteiger partial charge on any atom is -0.337 e. The van der Waals surface area contributed by atoms with Crippen LogP contribution in [-0.2, 0) is 4.79 Å². The molecule has 3 aromatic rings. The second-order valence-electron chi connectivity index (χ2n) is 6.64. The smallest absolute Gasteiger partial charge is 0.272 e. The number of nitrogens with zero attached hydrogens (tertiary/aromatic N) is 5. The minimum absolute atomic E-state index is 0.0186. The average molecular weight is 376 g/mol. The number of pyridine rings is 1. The van der Waals surface area contributed by atoms with E-state index < -0.39 is 0 Å². The number of nitrogens with one attached hydrogen (secondary N) is 1. The third kappa shape index (κ3) is 3.90. The Morgan fingerprint density at radius 3 is 2.29 bits per heavy atom. The number of carbonyl (C=O) groups excluding carboxylic acids is 2. The summed E-state index contributed by atoms with van der Waals surface area (Å²) >= 11 is 0. The van der Waals surface area contributed by atoms with E-state index in [1.165, 1.54) is 4.80 Å². The van der Waals surface area contributed by atoms with Crippen molar-refractivity contribution < 1.29 is 9.59 Å². The van der Waals surface area contributed by atoms with Crippen molar-refractivity contribution in [3.8, 4) is 5.69 Å². The molecule has 0 aliphatic carbocycles. The Kier molecular flexibility index (Phi) is 5.09. The number of amides is 2. The summed E-state index contributed by atoms with van der Waals surface area (Å²) in [6.07, 6.45) is 6.11. The van der Waals surface area contributed by atoms with Crippen molar-refractivity contribution in [3.63, 3.8) is 0 Å². The van der Waals surface area contributed by atoms with Crippen LogP contribution in [0.4, 0.5) is 5.69 Å². The fraction of sp³-hybridized carbons (Fsp3) is 0.250. The maximum atomic E-state index is 12.6. The van der Waals surface area contributed by atoms with Crippen molar-refractivity contribution in [1.29, 1.82) is 0 Å². The number of carbonyl (C=O) groups is 2. The molecule has 1 fully saturated rings. The number of hydrogen-bond donors (Lipinski definition) is 1. The van der Waals surface area contributed by atoms with Gasteiger partial charge in [0.05, 0.1) is 18.1 Å². The molecule has 1 aromatic carbocycles. The van der Waals surface area contributed by atoms with E-state index in [0.717, 1.165) is 11.4 Å². The SMILES string of the molecule is O=C(Nc1ccc(-n2nccn2)cc1)C1CCN(C(=O)c2ccccn2)CC1. The number of likely N-dealkylation sites (tertiary alicyclic amines) is 1. The van der Waals surface area contributed by atoms with Gasteiger partial charge in [0, 0.05) is 30.9 Å². The highest BCUT2D eigenvalue weighted by molar-refractivity contribution is 5.94. The summed E-state index contributed by atoms with van der Waals surface area (Å²) < 4.78 is 0. The molecule has 1 saturated heterocycles. The summed E-state index contributed by atoms with van der Waals surface area (Å²) in [4.78, 5) is 32.4. The highest BCUT2D eigenvalue weighted by Crippen LogP contribution is 2.21. The van der Waals surface area contributed by atoms with Crippen LogP contribution in [0, 0.1) is 5.92 Å². The molecule has 0 saturated carbocycles. The fourth-order valence-corrected chi connectivity index (χ4v) is 3.27. The van der Waals surface area contributed by atoms with Crippen LogP contribution >= 0.6 is 0 Å². The molecule has 0 unspecified atom stereocenters. The van der Waals surface area contributed by atoms with Crippen molar-refractivity contribution in [3.05, 3.63) is 66.7 Å². The molecule has 0 bridgehead atoms. The standard InChI is InChI=1S/C20H20N6O2/c27-19(24-16-4-6-17(7-5-16)26-22-11-12-23-26)15-8-13-25(14-9-15)20(28)18-3-1-2-10-21-18/h1-7,10-12,15H,8-9,13-14H2,(H,24,27). The molecule has 28 heavy (non-hydrogen) atoms. The number of benzene rings is 1. The quantitative estimate of drug-likeness (QED) is 0.753. The van der Waals surface area contributed by atoms with E-state index in [9.17, 15) is 9.59 Å². The topological polar surface area (TPSA) is 93.0 Å². The van der Waals surface area contributed by atoms with Crippen LogP contribution in [0.3, 0.4) is 0 Å². The molecule has 142 valence electrons. The largest absolute Gasteiger partial charge is 0.337 e. The van der Waals surface area contributed by atoms with Crippen molar-refractivity contribution >= 4 is 17.5 Å². The highest BCUT2D eigenvalue weighted by atomic mass is 16.2. The lowest BCUT2D eigenvalue weighted by molar-refractivity contribution is -0.121. The van der Waals surface area contributed by atoms with E-state index in [0.29, 0.717) is 31.6 Å². The Bertz CT molecular complexity index is 933. The Balaban J connectivity index is 1.31.